The summed E-state index contributed by atoms with van der Waals surface area (Å²) in [6.45, 7) is 10.9. The predicted molar refractivity (Wildman–Crippen MR) is 196 cm³/mol. The molecule has 7 fully saturated rings. The predicted octanol–water partition coefficient (Wildman–Crippen LogP) is 11.6. The molecular formula is C45H56IrNO2-. The number of benzene rings is 2. The number of hydrogen-bond donors (Lipinski definition) is 1. The van der Waals surface area contributed by atoms with Crippen molar-refractivity contribution in [2.24, 2.45) is 46.3 Å². The van der Waals surface area contributed by atoms with E-state index in [2.05, 4.69) is 71.0 Å². The van der Waals surface area contributed by atoms with Crippen LogP contribution in [0.2, 0.25) is 0 Å². The number of carbonyl (C=O) groups is 1. The van der Waals surface area contributed by atoms with Gasteiger partial charge in [0.2, 0.25) is 0 Å². The van der Waals surface area contributed by atoms with Crippen LogP contribution in [-0.2, 0) is 24.9 Å². The molecule has 10 rings (SSSR count). The topological polar surface area (TPSA) is 50.2 Å². The van der Waals surface area contributed by atoms with Gasteiger partial charge >= 0.3 is 0 Å². The second-order valence-corrected chi connectivity index (χ2v) is 17.8. The molecule has 7 aliphatic carbocycles. The summed E-state index contributed by atoms with van der Waals surface area (Å²) in [5.41, 5.74) is 7.07. The number of ketones is 1. The van der Waals surface area contributed by atoms with Gasteiger partial charge in [-0.05, 0) is 153 Å². The van der Waals surface area contributed by atoms with Gasteiger partial charge in [0.15, 0.2) is 5.78 Å². The zero-order chi connectivity index (χ0) is 33.4. The Kier molecular flexibility index (Phi) is 9.57. The van der Waals surface area contributed by atoms with Crippen LogP contribution < -0.4 is 0 Å². The number of aliphatic hydroxyl groups is 1. The van der Waals surface area contributed by atoms with Crippen LogP contribution in [0.3, 0.4) is 0 Å². The Labute approximate surface area is 308 Å². The monoisotopic (exact) mass is 835 g/mol. The molecule has 1 radical (unpaired) electrons. The molecule has 1 N–H and O–H groups in total. The molecule has 0 aliphatic heterocycles. The van der Waals surface area contributed by atoms with Crippen LogP contribution in [-0.4, -0.2) is 15.9 Å². The van der Waals surface area contributed by atoms with Crippen LogP contribution in [0.15, 0.2) is 48.4 Å². The van der Waals surface area contributed by atoms with Crippen molar-refractivity contribution in [3.63, 3.8) is 0 Å². The maximum absolute atomic E-state index is 13.4. The molecule has 5 unspecified atom stereocenters. The van der Waals surface area contributed by atoms with E-state index in [4.69, 9.17) is 4.98 Å². The third-order valence-electron chi connectivity index (χ3n) is 14.3. The average Bonchev–Trinajstić information content (AvgIpc) is 3.21. The Bertz CT molecular complexity index is 1720. The quantitative estimate of drug-likeness (QED) is 0.153. The van der Waals surface area contributed by atoms with E-state index < -0.39 is 0 Å². The molecule has 49 heavy (non-hydrogen) atoms. The molecule has 1 heterocycles. The van der Waals surface area contributed by atoms with Crippen molar-refractivity contribution < 1.29 is 30.0 Å². The number of fused-ring (bicyclic) bond motifs is 3. The van der Waals surface area contributed by atoms with Crippen molar-refractivity contribution in [1.82, 2.24) is 4.98 Å². The summed E-state index contributed by atoms with van der Waals surface area (Å²) in [6.07, 6.45) is 20.0. The van der Waals surface area contributed by atoms with Crippen LogP contribution in [0.1, 0.15) is 125 Å². The van der Waals surface area contributed by atoms with Gasteiger partial charge in [0.1, 0.15) is 5.76 Å². The summed E-state index contributed by atoms with van der Waals surface area (Å²) in [5, 5.41) is 13.7. The van der Waals surface area contributed by atoms with E-state index in [0.29, 0.717) is 23.4 Å². The number of pyridine rings is 1. The number of allylic oxidation sites excluding steroid dienone is 2. The van der Waals surface area contributed by atoms with Crippen LogP contribution in [0.5, 0.6) is 0 Å². The fourth-order valence-corrected chi connectivity index (χ4v) is 12.4. The normalized spacial score (nSPS) is 34.3. The minimum absolute atomic E-state index is 0. The van der Waals surface area contributed by atoms with Gasteiger partial charge in [-0.1, -0.05) is 52.3 Å². The van der Waals surface area contributed by atoms with Crippen LogP contribution in [0.4, 0.5) is 0 Å². The average molecular weight is 835 g/mol. The molecule has 2 aromatic carbocycles. The van der Waals surface area contributed by atoms with Gasteiger partial charge < -0.3 is 10.1 Å². The second-order valence-electron chi connectivity index (χ2n) is 17.8. The Morgan fingerprint density at radius 2 is 1.55 bits per heavy atom. The van der Waals surface area contributed by atoms with Crippen molar-refractivity contribution in [2.75, 3.05) is 0 Å². The first-order valence-corrected chi connectivity index (χ1v) is 19.4. The first-order valence-electron chi connectivity index (χ1n) is 19.4. The van der Waals surface area contributed by atoms with E-state index in [1.807, 2.05) is 6.20 Å². The molecule has 7 saturated carbocycles. The van der Waals surface area contributed by atoms with E-state index in [1.165, 1.54) is 72.4 Å². The van der Waals surface area contributed by atoms with E-state index >= 15 is 0 Å². The van der Waals surface area contributed by atoms with E-state index in [0.717, 1.165) is 84.9 Å². The first kappa shape index (κ1) is 35.1. The Morgan fingerprint density at radius 3 is 2.22 bits per heavy atom. The van der Waals surface area contributed by atoms with Gasteiger partial charge in [-0.3, -0.25) is 4.79 Å². The maximum atomic E-state index is 13.4. The van der Waals surface area contributed by atoms with Crippen molar-refractivity contribution >= 4 is 16.6 Å². The molecule has 7 bridgehead atoms. The minimum Gasteiger partial charge on any atom is -0.512 e. The van der Waals surface area contributed by atoms with E-state index in [1.54, 1.807) is 6.08 Å². The van der Waals surface area contributed by atoms with Crippen molar-refractivity contribution in [2.45, 2.75) is 124 Å². The minimum atomic E-state index is -0.0812. The van der Waals surface area contributed by atoms with Crippen molar-refractivity contribution in [1.29, 1.82) is 0 Å². The van der Waals surface area contributed by atoms with E-state index in [9.17, 15) is 9.90 Å². The summed E-state index contributed by atoms with van der Waals surface area (Å²) >= 11 is 0. The standard InChI is InChI=1S/C23H32O2.C22H24N.Ir/c24-20(22-9-15-4-16(10-22)6-17(5-15)11-22)8-21(25)23-12-14-1-2-19(23)7-18(3-14)13-23;1-6-16(4)18-7-8-20-21(12-18)17(5)13-23-22(20)19-10-14(2)9-15(3)11-19;/h8,14-19,24H,1-7,9-13H2;7-10,12-13,16H,6H2,1-5H3;/q;-1;/b20-8-;;. The van der Waals surface area contributed by atoms with Gasteiger partial charge in [0.25, 0.3) is 0 Å². The smallest absolute Gasteiger partial charge is 0.165 e. The molecule has 7 aliphatic rings. The van der Waals surface area contributed by atoms with Crippen LogP contribution in [0.25, 0.3) is 22.0 Å². The SMILES string of the molecule is CCC(C)c1ccc2c(-c3[c-]c(C)cc(C)c3)ncc(C)c2c1.O=C(/C=C(\O)C12CC3CC(CC(C3)C1)C2)C12CC3CCC1CC(C3)C2.[Ir]. The largest absolute Gasteiger partial charge is 0.512 e. The second kappa shape index (κ2) is 13.4. The fraction of sp³-hybridized carbons (Fsp3) is 0.600. The summed E-state index contributed by atoms with van der Waals surface area (Å²) in [6, 6.07) is 14.6. The van der Waals surface area contributed by atoms with E-state index in [-0.39, 0.29) is 30.9 Å². The third-order valence-corrected chi connectivity index (χ3v) is 14.3. The van der Waals surface area contributed by atoms with Gasteiger partial charge in [0.05, 0.1) is 0 Å². The van der Waals surface area contributed by atoms with Gasteiger partial charge in [-0.25, -0.2) is 0 Å². The Hall–Kier alpha value is -2.29. The molecule has 5 atom stereocenters. The van der Waals surface area contributed by atoms with Crippen LogP contribution in [0, 0.1) is 73.2 Å². The third kappa shape index (κ3) is 6.30. The molecule has 263 valence electrons. The molecule has 0 amide bonds. The number of carbonyl (C=O) groups excluding carboxylic acids is 1. The maximum Gasteiger partial charge on any atom is 0.165 e. The summed E-state index contributed by atoms with van der Waals surface area (Å²) in [4.78, 5) is 18.2. The molecule has 4 heteroatoms. The van der Waals surface area contributed by atoms with Crippen molar-refractivity contribution in [3.05, 3.63) is 76.7 Å². The van der Waals surface area contributed by atoms with Crippen molar-refractivity contribution in [3.8, 4) is 11.3 Å². The molecule has 0 spiro atoms. The Balaban J connectivity index is 0.000000152. The van der Waals surface area contributed by atoms with Gasteiger partial charge in [0, 0.05) is 43.2 Å². The molecule has 3 nitrogen and oxygen atoms in total. The zero-order valence-electron chi connectivity index (χ0n) is 30.4. The summed E-state index contributed by atoms with van der Waals surface area (Å²) < 4.78 is 0. The zero-order valence-corrected chi connectivity index (χ0v) is 32.8. The van der Waals surface area contributed by atoms with Crippen LogP contribution >= 0.6 is 0 Å². The number of aryl methyl sites for hydroxylation is 3. The Morgan fingerprint density at radius 1 is 0.898 bits per heavy atom. The number of aromatic nitrogens is 1. The summed E-state index contributed by atoms with van der Waals surface area (Å²) in [5.74, 6) is 6.05. The number of rotatable bonds is 6. The molecule has 1 aromatic heterocycles. The van der Waals surface area contributed by atoms with Gasteiger partial charge in [-0.2, -0.15) is 0 Å². The fourth-order valence-electron chi connectivity index (χ4n) is 12.4. The molecule has 0 saturated heterocycles. The molecular weight excluding hydrogens is 779 g/mol. The first-order chi connectivity index (χ1) is 23.0. The number of nitrogens with zero attached hydrogens (tertiary/aromatic N) is 1. The summed E-state index contributed by atoms with van der Waals surface area (Å²) in [7, 11) is 0. The number of aliphatic hydroxyl groups excluding tert-OH is 1. The molecule has 3 aromatic rings. The number of hydrogen-bond acceptors (Lipinski definition) is 3. The van der Waals surface area contributed by atoms with Gasteiger partial charge in [-0.15, -0.1) is 34.9 Å².